The van der Waals surface area contributed by atoms with Crippen molar-refractivity contribution in [2.24, 2.45) is 0 Å². The summed E-state index contributed by atoms with van der Waals surface area (Å²) in [5.74, 6) is -0.466. The molecule has 0 bridgehead atoms. The lowest BCUT2D eigenvalue weighted by Gasteiger charge is -1.92. The van der Waals surface area contributed by atoms with Crippen LogP contribution in [0, 0.1) is 0 Å². The first kappa shape index (κ1) is 13.1. The molecule has 0 aromatic rings. The Bertz CT molecular complexity index is 384. The van der Waals surface area contributed by atoms with Crippen LogP contribution in [0.1, 0.15) is 0 Å². The van der Waals surface area contributed by atoms with Crippen molar-refractivity contribution in [2.45, 2.75) is 0 Å². The Balaban J connectivity index is 4.25. The fourth-order valence-corrected chi connectivity index (χ4v) is 1.62. The van der Waals surface area contributed by atoms with Crippen LogP contribution in [0.5, 0.6) is 0 Å². The van der Waals surface area contributed by atoms with E-state index in [4.69, 9.17) is 0 Å². The molecular weight excluding hydrogens is 224 g/mol. The third-order valence-corrected chi connectivity index (χ3v) is 3.66. The summed E-state index contributed by atoms with van der Waals surface area (Å²) in [6.45, 7) is 6.24. The Morgan fingerprint density at radius 1 is 0.786 bits per heavy atom. The van der Waals surface area contributed by atoms with Crippen molar-refractivity contribution in [3.63, 3.8) is 0 Å². The molecule has 0 aromatic heterocycles. The second-order valence-electron chi connectivity index (χ2n) is 2.46. The lowest BCUT2D eigenvalue weighted by Crippen LogP contribution is -2.01. The molecule has 0 saturated carbocycles. The van der Waals surface area contributed by atoms with Crippen LogP contribution in [0.4, 0.5) is 0 Å². The molecule has 0 aliphatic carbocycles. The van der Waals surface area contributed by atoms with E-state index in [1.165, 1.54) is 12.2 Å². The lowest BCUT2D eigenvalue weighted by atomic mass is 10.6. The third kappa shape index (κ3) is 5.71. The van der Waals surface area contributed by atoms with E-state index in [1.807, 2.05) is 0 Å². The van der Waals surface area contributed by atoms with Crippen LogP contribution in [0.2, 0.25) is 0 Å². The quantitative estimate of drug-likeness (QED) is 0.635. The average molecular weight is 236 g/mol. The van der Waals surface area contributed by atoms with Crippen LogP contribution in [0.15, 0.2) is 36.1 Å². The third-order valence-electron chi connectivity index (χ3n) is 1.33. The van der Waals surface area contributed by atoms with E-state index >= 15 is 0 Å². The molecule has 14 heavy (non-hydrogen) atoms. The van der Waals surface area contributed by atoms with Gasteiger partial charge >= 0.3 is 0 Å². The van der Waals surface area contributed by atoms with Crippen LogP contribution in [-0.2, 0) is 19.7 Å². The van der Waals surface area contributed by atoms with Gasteiger partial charge in [-0.15, -0.1) is 0 Å². The largest absolute Gasteiger partial charge is 0.224 e. The van der Waals surface area contributed by atoms with Crippen LogP contribution >= 0.6 is 0 Å². The molecule has 0 radical (unpaired) electrons. The summed E-state index contributed by atoms with van der Waals surface area (Å²) in [6, 6.07) is 0. The molecule has 0 unspecified atom stereocenters. The second-order valence-corrected chi connectivity index (χ2v) is 6.45. The molecule has 0 amide bonds. The first-order valence-electron chi connectivity index (χ1n) is 3.68. The van der Waals surface area contributed by atoms with E-state index in [0.717, 1.165) is 10.8 Å². The zero-order valence-corrected chi connectivity index (χ0v) is 9.22. The average Bonchev–Trinajstić information content (AvgIpc) is 2.13. The molecule has 0 saturated heterocycles. The van der Waals surface area contributed by atoms with Gasteiger partial charge < -0.3 is 0 Å². The molecule has 0 rings (SSSR count). The Morgan fingerprint density at radius 3 is 1.29 bits per heavy atom. The van der Waals surface area contributed by atoms with Gasteiger partial charge in [-0.3, -0.25) is 0 Å². The Labute approximate surface area is 84.5 Å². The van der Waals surface area contributed by atoms with E-state index < -0.39 is 19.7 Å². The van der Waals surface area contributed by atoms with Crippen molar-refractivity contribution in [3.8, 4) is 0 Å². The topological polar surface area (TPSA) is 68.3 Å². The maximum Gasteiger partial charge on any atom is 0.174 e. The van der Waals surface area contributed by atoms with Gasteiger partial charge in [-0.2, -0.15) is 0 Å². The SMILES string of the molecule is C=CS(=O)(=O)C/C=C/CS(=O)(=O)C=C. The van der Waals surface area contributed by atoms with Crippen LogP contribution < -0.4 is 0 Å². The van der Waals surface area contributed by atoms with Crippen molar-refractivity contribution in [2.75, 3.05) is 11.5 Å². The standard InChI is InChI=1S/C8H12O4S2/c1-3-13(9,10)7-5-6-8-14(11,12)4-2/h3-6H,1-2,7-8H2/b6-5+. The van der Waals surface area contributed by atoms with E-state index in [1.54, 1.807) is 0 Å². The highest BCUT2D eigenvalue weighted by atomic mass is 32.2. The van der Waals surface area contributed by atoms with Crippen LogP contribution in [0.3, 0.4) is 0 Å². The minimum atomic E-state index is -3.29. The molecule has 0 heterocycles. The monoisotopic (exact) mass is 236 g/mol. The highest BCUT2D eigenvalue weighted by molar-refractivity contribution is 7.94. The van der Waals surface area contributed by atoms with Gasteiger partial charge in [0.05, 0.1) is 11.5 Å². The van der Waals surface area contributed by atoms with Crippen molar-refractivity contribution >= 4 is 19.7 Å². The Morgan fingerprint density at radius 2 is 1.07 bits per heavy atom. The summed E-state index contributed by atoms with van der Waals surface area (Å²) < 4.78 is 43.4. The van der Waals surface area contributed by atoms with Gasteiger partial charge in [0, 0.05) is 10.8 Å². The predicted molar refractivity (Wildman–Crippen MR) is 57.1 cm³/mol. The first-order valence-corrected chi connectivity index (χ1v) is 7.11. The predicted octanol–water partition coefficient (Wildman–Crippen LogP) is 0.659. The first-order chi connectivity index (χ1) is 6.33. The smallest absolute Gasteiger partial charge is 0.174 e. The maximum absolute atomic E-state index is 10.9. The molecule has 0 N–H and O–H groups in total. The summed E-state index contributed by atoms with van der Waals surface area (Å²) in [4.78, 5) is 0. The number of hydrogen-bond donors (Lipinski definition) is 0. The van der Waals surface area contributed by atoms with Crippen LogP contribution in [-0.4, -0.2) is 28.3 Å². The molecule has 0 aliphatic heterocycles. The minimum Gasteiger partial charge on any atom is -0.224 e. The van der Waals surface area contributed by atoms with E-state index in [-0.39, 0.29) is 11.5 Å². The highest BCUT2D eigenvalue weighted by Crippen LogP contribution is 1.94. The summed E-state index contributed by atoms with van der Waals surface area (Å²) in [5.41, 5.74) is 0. The molecule has 0 spiro atoms. The highest BCUT2D eigenvalue weighted by Gasteiger charge is 2.02. The van der Waals surface area contributed by atoms with Crippen molar-refractivity contribution in [1.82, 2.24) is 0 Å². The molecule has 0 aliphatic rings. The van der Waals surface area contributed by atoms with E-state index in [2.05, 4.69) is 13.2 Å². The van der Waals surface area contributed by atoms with Gasteiger partial charge in [0.25, 0.3) is 0 Å². The van der Waals surface area contributed by atoms with Gasteiger partial charge in [0.1, 0.15) is 0 Å². The zero-order chi connectivity index (χ0) is 11.2. The van der Waals surface area contributed by atoms with Gasteiger partial charge in [0.2, 0.25) is 0 Å². The second kappa shape index (κ2) is 5.11. The summed E-state index contributed by atoms with van der Waals surface area (Å²) in [7, 11) is -6.58. The van der Waals surface area contributed by atoms with Crippen molar-refractivity contribution in [1.29, 1.82) is 0 Å². The van der Waals surface area contributed by atoms with Gasteiger partial charge in [-0.1, -0.05) is 25.3 Å². The molecule has 4 nitrogen and oxygen atoms in total. The van der Waals surface area contributed by atoms with Crippen molar-refractivity contribution in [3.05, 3.63) is 36.1 Å². The van der Waals surface area contributed by atoms with Gasteiger partial charge in [-0.25, -0.2) is 16.8 Å². The van der Waals surface area contributed by atoms with E-state index in [9.17, 15) is 16.8 Å². The summed E-state index contributed by atoms with van der Waals surface area (Å²) in [6.07, 6.45) is 2.55. The maximum atomic E-state index is 10.9. The number of rotatable bonds is 6. The van der Waals surface area contributed by atoms with Crippen LogP contribution in [0.25, 0.3) is 0 Å². The molecule has 6 heteroatoms. The molecule has 0 aromatic carbocycles. The van der Waals surface area contributed by atoms with E-state index in [0.29, 0.717) is 0 Å². The molecule has 80 valence electrons. The number of sulfone groups is 2. The molecule has 0 atom stereocenters. The fourth-order valence-electron chi connectivity index (χ4n) is 0.540. The zero-order valence-electron chi connectivity index (χ0n) is 7.59. The summed E-state index contributed by atoms with van der Waals surface area (Å²) >= 11 is 0. The molecular formula is C8H12O4S2. The van der Waals surface area contributed by atoms with Gasteiger partial charge in [-0.05, 0) is 0 Å². The normalized spacial score (nSPS) is 12.9. The summed E-state index contributed by atoms with van der Waals surface area (Å²) in [5, 5.41) is 1.67. The van der Waals surface area contributed by atoms with Crippen molar-refractivity contribution < 1.29 is 16.8 Å². The number of hydrogen-bond acceptors (Lipinski definition) is 4. The van der Waals surface area contributed by atoms with Gasteiger partial charge in [0.15, 0.2) is 19.7 Å². The Hall–Kier alpha value is -0.880. The molecule has 0 fully saturated rings. The minimum absolute atomic E-state index is 0.233. The fraction of sp³-hybridized carbons (Fsp3) is 0.250. The Kier molecular flexibility index (Phi) is 4.79. The lowest BCUT2D eigenvalue weighted by molar-refractivity contribution is 0.605.